The molecule has 1 saturated carbocycles. The van der Waals surface area contributed by atoms with E-state index in [9.17, 15) is 9.59 Å². The lowest BCUT2D eigenvalue weighted by molar-refractivity contribution is -0.142. The second kappa shape index (κ2) is 7.66. The van der Waals surface area contributed by atoms with E-state index in [-0.39, 0.29) is 24.0 Å². The highest BCUT2D eigenvalue weighted by molar-refractivity contribution is 5.94. The van der Waals surface area contributed by atoms with Crippen molar-refractivity contribution in [1.29, 1.82) is 0 Å². The Morgan fingerprint density at radius 1 is 1.12 bits per heavy atom. The van der Waals surface area contributed by atoms with Crippen LogP contribution in [0.4, 0.5) is 0 Å². The van der Waals surface area contributed by atoms with Crippen LogP contribution in [-0.4, -0.2) is 54.7 Å². The molecule has 2 amide bonds. The highest BCUT2D eigenvalue weighted by Gasteiger charge is 2.35. The van der Waals surface area contributed by atoms with Gasteiger partial charge in [-0.3, -0.25) is 9.59 Å². The van der Waals surface area contributed by atoms with E-state index in [0.29, 0.717) is 24.8 Å². The van der Waals surface area contributed by atoms with Crippen molar-refractivity contribution in [2.75, 3.05) is 19.8 Å². The lowest BCUT2D eigenvalue weighted by Gasteiger charge is -2.27. The summed E-state index contributed by atoms with van der Waals surface area (Å²) in [6.45, 7) is 1.95. The van der Waals surface area contributed by atoms with Crippen molar-refractivity contribution in [3.8, 4) is 5.75 Å². The fourth-order valence-corrected chi connectivity index (χ4v) is 3.65. The third-order valence-electron chi connectivity index (χ3n) is 5.34. The number of likely N-dealkylation sites (tertiary alicyclic amines) is 1. The number of carbonyl (C=O) groups is 2. The van der Waals surface area contributed by atoms with Crippen molar-refractivity contribution in [1.82, 2.24) is 10.2 Å². The summed E-state index contributed by atoms with van der Waals surface area (Å²) in [4.78, 5) is 26.5. The van der Waals surface area contributed by atoms with Gasteiger partial charge in [-0.2, -0.15) is 0 Å². The van der Waals surface area contributed by atoms with Gasteiger partial charge in [0.2, 0.25) is 0 Å². The van der Waals surface area contributed by atoms with Crippen molar-refractivity contribution in [2.24, 2.45) is 0 Å². The third-order valence-corrected chi connectivity index (χ3v) is 5.34. The minimum absolute atomic E-state index is 0.0248. The standard InChI is InChI=1S/C20H26N2O4/c23-19(21-15-7-8-15)14-5-9-17(10-6-14)26-13-16-3-1-11-22(16)20(24)18-4-2-12-25-18/h5-6,9-10,15-16,18H,1-4,7-8,11-13H2,(H,21,23). The average molecular weight is 358 g/mol. The number of hydrogen-bond donors (Lipinski definition) is 1. The van der Waals surface area contributed by atoms with Gasteiger partial charge >= 0.3 is 0 Å². The van der Waals surface area contributed by atoms with E-state index >= 15 is 0 Å². The Morgan fingerprint density at radius 2 is 1.92 bits per heavy atom. The zero-order chi connectivity index (χ0) is 17.9. The number of ether oxygens (including phenoxy) is 2. The molecule has 0 radical (unpaired) electrons. The fourth-order valence-electron chi connectivity index (χ4n) is 3.65. The maximum atomic E-state index is 12.6. The molecule has 0 aromatic heterocycles. The first-order valence-electron chi connectivity index (χ1n) is 9.66. The minimum Gasteiger partial charge on any atom is -0.491 e. The van der Waals surface area contributed by atoms with E-state index in [4.69, 9.17) is 9.47 Å². The average Bonchev–Trinajstić information content (AvgIpc) is 3.15. The van der Waals surface area contributed by atoms with E-state index in [1.807, 2.05) is 17.0 Å². The molecule has 6 nitrogen and oxygen atoms in total. The maximum absolute atomic E-state index is 12.6. The van der Waals surface area contributed by atoms with E-state index < -0.39 is 0 Å². The molecule has 26 heavy (non-hydrogen) atoms. The Labute approximate surface area is 153 Å². The highest BCUT2D eigenvalue weighted by atomic mass is 16.5. The van der Waals surface area contributed by atoms with Gasteiger partial charge in [0, 0.05) is 24.8 Å². The van der Waals surface area contributed by atoms with Crippen molar-refractivity contribution < 1.29 is 19.1 Å². The van der Waals surface area contributed by atoms with Crippen molar-refractivity contribution in [2.45, 2.75) is 56.7 Å². The van der Waals surface area contributed by atoms with Crippen LogP contribution < -0.4 is 10.1 Å². The van der Waals surface area contributed by atoms with Crippen LogP contribution in [0.2, 0.25) is 0 Å². The number of carbonyl (C=O) groups excluding carboxylic acids is 2. The summed E-state index contributed by atoms with van der Waals surface area (Å²) in [5, 5.41) is 2.98. The predicted molar refractivity (Wildman–Crippen MR) is 96.1 cm³/mol. The van der Waals surface area contributed by atoms with Crippen LogP contribution in [0.25, 0.3) is 0 Å². The molecule has 0 bridgehead atoms. The third kappa shape index (κ3) is 4.01. The monoisotopic (exact) mass is 358 g/mol. The van der Waals surface area contributed by atoms with Gasteiger partial charge in [-0.1, -0.05) is 0 Å². The first-order valence-corrected chi connectivity index (χ1v) is 9.66. The van der Waals surface area contributed by atoms with E-state index in [0.717, 1.165) is 50.8 Å². The fraction of sp³-hybridized carbons (Fsp3) is 0.600. The van der Waals surface area contributed by atoms with E-state index in [1.165, 1.54) is 0 Å². The molecular weight excluding hydrogens is 332 g/mol. The molecule has 1 aliphatic carbocycles. The van der Waals surface area contributed by atoms with Crippen LogP contribution >= 0.6 is 0 Å². The van der Waals surface area contributed by atoms with Gasteiger partial charge in [0.25, 0.3) is 11.8 Å². The van der Waals surface area contributed by atoms with E-state index in [1.54, 1.807) is 12.1 Å². The molecule has 4 rings (SSSR count). The van der Waals surface area contributed by atoms with Crippen molar-refractivity contribution in [3.63, 3.8) is 0 Å². The largest absolute Gasteiger partial charge is 0.491 e. The Morgan fingerprint density at radius 3 is 2.62 bits per heavy atom. The summed E-state index contributed by atoms with van der Waals surface area (Å²) in [7, 11) is 0. The van der Waals surface area contributed by atoms with Gasteiger partial charge in [-0.15, -0.1) is 0 Å². The Balaban J connectivity index is 1.29. The number of hydrogen-bond acceptors (Lipinski definition) is 4. The second-order valence-corrected chi connectivity index (χ2v) is 7.41. The molecule has 2 saturated heterocycles. The number of nitrogens with one attached hydrogen (secondary N) is 1. The summed E-state index contributed by atoms with van der Waals surface area (Å²) < 4.78 is 11.4. The van der Waals surface area contributed by atoms with Crippen LogP contribution in [0.3, 0.4) is 0 Å². The van der Waals surface area contributed by atoms with Gasteiger partial charge < -0.3 is 19.7 Å². The van der Waals surface area contributed by atoms with Crippen molar-refractivity contribution in [3.05, 3.63) is 29.8 Å². The van der Waals surface area contributed by atoms with Crippen LogP contribution in [-0.2, 0) is 9.53 Å². The van der Waals surface area contributed by atoms with Crippen molar-refractivity contribution >= 4 is 11.8 Å². The smallest absolute Gasteiger partial charge is 0.252 e. The van der Waals surface area contributed by atoms with Gasteiger partial charge in [-0.05, 0) is 62.8 Å². The molecule has 1 aromatic carbocycles. The first-order chi connectivity index (χ1) is 12.7. The molecule has 2 atom stereocenters. The van der Waals surface area contributed by atoms with Crippen LogP contribution in [0.1, 0.15) is 48.9 Å². The SMILES string of the molecule is O=C(NC1CC1)c1ccc(OCC2CCCN2C(=O)C2CCCO2)cc1. The maximum Gasteiger partial charge on any atom is 0.252 e. The van der Waals surface area contributed by atoms with E-state index in [2.05, 4.69) is 5.32 Å². The highest BCUT2D eigenvalue weighted by Crippen LogP contribution is 2.24. The van der Waals surface area contributed by atoms with Crippen LogP contribution in [0.5, 0.6) is 5.75 Å². The summed E-state index contributed by atoms with van der Waals surface area (Å²) >= 11 is 0. The summed E-state index contributed by atoms with van der Waals surface area (Å²) in [6, 6.07) is 7.68. The van der Waals surface area contributed by atoms with Gasteiger partial charge in [0.05, 0.1) is 6.04 Å². The molecule has 6 heteroatoms. The topological polar surface area (TPSA) is 67.9 Å². The molecule has 2 unspecified atom stereocenters. The Hall–Kier alpha value is -2.08. The minimum atomic E-state index is -0.264. The molecular formula is C20H26N2O4. The summed E-state index contributed by atoms with van der Waals surface area (Å²) in [5.41, 5.74) is 0.653. The molecule has 3 fully saturated rings. The quantitative estimate of drug-likeness (QED) is 0.846. The molecule has 1 aromatic rings. The number of rotatable bonds is 6. The number of amides is 2. The lowest BCUT2D eigenvalue weighted by atomic mass is 10.2. The number of nitrogens with zero attached hydrogens (tertiary/aromatic N) is 1. The van der Waals surface area contributed by atoms with Crippen LogP contribution in [0.15, 0.2) is 24.3 Å². The summed E-state index contributed by atoms with van der Waals surface area (Å²) in [5.74, 6) is 0.813. The van der Waals surface area contributed by atoms with Crippen LogP contribution in [0, 0.1) is 0 Å². The summed E-state index contributed by atoms with van der Waals surface area (Å²) in [6.07, 6.45) is 5.65. The van der Waals surface area contributed by atoms with Gasteiger partial charge in [-0.25, -0.2) is 0 Å². The second-order valence-electron chi connectivity index (χ2n) is 7.41. The zero-order valence-electron chi connectivity index (χ0n) is 15.0. The predicted octanol–water partition coefficient (Wildman–Crippen LogP) is 2.13. The molecule has 0 spiro atoms. The van der Waals surface area contributed by atoms with Gasteiger partial charge in [0.1, 0.15) is 18.5 Å². The molecule has 3 aliphatic rings. The first kappa shape index (κ1) is 17.3. The molecule has 2 aliphatic heterocycles. The molecule has 140 valence electrons. The Bertz CT molecular complexity index is 650. The Kier molecular flexibility index (Phi) is 5.11. The lowest BCUT2D eigenvalue weighted by Crippen LogP contribution is -2.44. The molecule has 1 N–H and O–H groups in total. The number of benzene rings is 1. The molecule has 2 heterocycles. The zero-order valence-corrected chi connectivity index (χ0v) is 15.0. The van der Waals surface area contributed by atoms with Gasteiger partial charge in [0.15, 0.2) is 0 Å². The normalized spacial score (nSPS) is 25.3.